The summed E-state index contributed by atoms with van der Waals surface area (Å²) in [4.78, 5) is 50.9. The third kappa shape index (κ3) is 20.5. The number of hydrogen-bond donors (Lipinski definition) is 4. The molecule has 0 saturated carbocycles. The number of likely N-dealkylation sites (tertiary alicyclic amines) is 2. The fourth-order valence-corrected chi connectivity index (χ4v) is 7.58. The number of carboxylic acid groups (broad SMARTS) is 2. The number of ether oxygens (including phenoxy) is 4. The van der Waals surface area contributed by atoms with Gasteiger partial charge < -0.3 is 59.4 Å². The van der Waals surface area contributed by atoms with E-state index < -0.39 is 48.7 Å². The van der Waals surface area contributed by atoms with Crippen LogP contribution in [0.2, 0.25) is 0 Å². The van der Waals surface area contributed by atoms with Gasteiger partial charge in [0.2, 0.25) is 0 Å². The molecule has 6 rings (SSSR count). The molecule has 4 N–H and O–H groups in total. The van der Waals surface area contributed by atoms with Gasteiger partial charge in [0.25, 0.3) is 0 Å². The molecule has 2 fully saturated rings. The van der Waals surface area contributed by atoms with Gasteiger partial charge in [-0.2, -0.15) is 26.3 Å². The van der Waals surface area contributed by atoms with Crippen LogP contribution in [0.5, 0.6) is 23.0 Å². The molecule has 0 radical (unpaired) electrons. The Morgan fingerprint density at radius 3 is 1.14 bits per heavy atom. The summed E-state index contributed by atoms with van der Waals surface area (Å²) in [6.07, 6.45) is -11.4. The summed E-state index contributed by atoms with van der Waals surface area (Å²) in [5.41, 5.74) is 3.03. The third-order valence-corrected chi connectivity index (χ3v) is 11.6. The first kappa shape index (κ1) is 63.1. The molecule has 4 aromatic rings. The zero-order valence-corrected chi connectivity index (χ0v) is 42.2. The van der Waals surface area contributed by atoms with E-state index in [1.807, 2.05) is 36.0 Å². The SMILES string of the molecule is COc1ccc(CNC(=O)N(Cc2ccc(F)cc2)[C@@H]2CCN(C)C[C@@H]2F)c(OC)c1.COc1ccc(CNC(=O)N(Cc2ccc(F)cc2)[C@H]2CCN(C)C[C@H]2F)c(OC)c1.O=C(O)C(F)(F)F.O=C(O)C(F)(F)F. The van der Waals surface area contributed by atoms with E-state index in [0.29, 0.717) is 48.9 Å². The summed E-state index contributed by atoms with van der Waals surface area (Å²) >= 11 is 0. The number of carboxylic acids is 2. The number of carbonyl (C=O) groups excluding carboxylic acids is 2. The molecule has 2 heterocycles. The molecule has 2 aliphatic heterocycles. The highest BCUT2D eigenvalue weighted by atomic mass is 19.4. The number of halogens is 10. The van der Waals surface area contributed by atoms with Gasteiger partial charge in [0.15, 0.2) is 0 Å². The van der Waals surface area contributed by atoms with Gasteiger partial charge >= 0.3 is 36.4 Å². The first-order chi connectivity index (χ1) is 35.7. The van der Waals surface area contributed by atoms with Crippen molar-refractivity contribution in [2.24, 2.45) is 0 Å². The first-order valence-electron chi connectivity index (χ1n) is 23.0. The average molecular weight is 1100 g/mol. The molecule has 4 atom stereocenters. The number of carbonyl (C=O) groups is 4. The summed E-state index contributed by atoms with van der Waals surface area (Å²) in [5.74, 6) is -3.74. The average Bonchev–Trinajstić information content (AvgIpc) is 3.37. The van der Waals surface area contributed by atoms with Crippen LogP contribution in [0.25, 0.3) is 0 Å². The van der Waals surface area contributed by atoms with Crippen LogP contribution in [0.3, 0.4) is 0 Å². The van der Waals surface area contributed by atoms with Crippen LogP contribution in [0, 0.1) is 11.6 Å². The van der Waals surface area contributed by atoms with Crippen LogP contribution in [-0.4, -0.2) is 159 Å². The van der Waals surface area contributed by atoms with E-state index in [1.165, 1.54) is 34.1 Å². The molecule has 0 aromatic heterocycles. The summed E-state index contributed by atoms with van der Waals surface area (Å²) in [6.45, 7) is 2.76. The number of hydrogen-bond acceptors (Lipinski definition) is 10. The number of piperidine rings is 2. The lowest BCUT2D eigenvalue weighted by molar-refractivity contribution is -0.193. The number of rotatable bonds is 14. The molecule has 76 heavy (non-hydrogen) atoms. The van der Waals surface area contributed by atoms with Gasteiger partial charge in [-0.1, -0.05) is 24.3 Å². The second kappa shape index (κ2) is 29.8. The molecule has 2 saturated heterocycles. The number of amides is 4. The molecule has 26 heteroatoms. The van der Waals surface area contributed by atoms with Gasteiger partial charge in [-0.3, -0.25) is 0 Å². The zero-order valence-electron chi connectivity index (χ0n) is 42.2. The molecule has 420 valence electrons. The van der Waals surface area contributed by atoms with Gasteiger partial charge in [0, 0.05) is 75.6 Å². The lowest BCUT2D eigenvalue weighted by Gasteiger charge is -2.39. The third-order valence-electron chi connectivity index (χ3n) is 11.6. The fraction of sp³-hybridized carbons (Fsp3) is 0.440. The molecule has 16 nitrogen and oxygen atoms in total. The largest absolute Gasteiger partial charge is 0.497 e. The van der Waals surface area contributed by atoms with Crippen molar-refractivity contribution in [1.29, 1.82) is 0 Å². The normalized spacial score (nSPS) is 17.6. The van der Waals surface area contributed by atoms with Crippen molar-refractivity contribution in [3.8, 4) is 23.0 Å². The first-order valence-corrected chi connectivity index (χ1v) is 23.0. The van der Waals surface area contributed by atoms with E-state index in [0.717, 1.165) is 22.3 Å². The van der Waals surface area contributed by atoms with Gasteiger partial charge in [-0.25, -0.2) is 36.7 Å². The molecule has 0 bridgehead atoms. The maximum atomic E-state index is 14.9. The van der Waals surface area contributed by atoms with Crippen LogP contribution in [0.1, 0.15) is 35.1 Å². The van der Waals surface area contributed by atoms with Crippen molar-refractivity contribution in [1.82, 2.24) is 30.2 Å². The predicted octanol–water partition coefficient (Wildman–Crippen LogP) is 8.46. The van der Waals surface area contributed by atoms with E-state index in [-0.39, 0.29) is 63.0 Å². The predicted molar refractivity (Wildman–Crippen MR) is 256 cm³/mol. The molecule has 0 aliphatic carbocycles. The second-order valence-corrected chi connectivity index (χ2v) is 17.1. The van der Waals surface area contributed by atoms with Crippen molar-refractivity contribution >= 4 is 24.0 Å². The quantitative estimate of drug-likeness (QED) is 0.0886. The molecular formula is C50H60F10N6O10. The smallest absolute Gasteiger partial charge is 0.490 e. The Morgan fingerprint density at radius 1 is 0.566 bits per heavy atom. The topological polar surface area (TPSA) is 183 Å². The monoisotopic (exact) mass is 1090 g/mol. The fourth-order valence-electron chi connectivity index (χ4n) is 7.58. The van der Waals surface area contributed by atoms with Crippen LogP contribution < -0.4 is 29.6 Å². The minimum atomic E-state index is -5.08. The van der Waals surface area contributed by atoms with E-state index in [4.69, 9.17) is 38.7 Å². The number of nitrogens with one attached hydrogen (secondary N) is 2. The van der Waals surface area contributed by atoms with Gasteiger partial charge in [-0.15, -0.1) is 0 Å². The number of aliphatic carboxylic acids is 2. The molecule has 0 unspecified atom stereocenters. The van der Waals surface area contributed by atoms with Gasteiger partial charge in [0.05, 0.1) is 40.5 Å². The number of benzene rings is 4. The maximum Gasteiger partial charge on any atom is 0.490 e. The van der Waals surface area contributed by atoms with E-state index in [9.17, 15) is 53.5 Å². The van der Waals surface area contributed by atoms with Crippen molar-refractivity contribution in [3.63, 3.8) is 0 Å². The summed E-state index contributed by atoms with van der Waals surface area (Å²) < 4.78 is 141. The van der Waals surface area contributed by atoms with Crippen LogP contribution in [0.15, 0.2) is 84.9 Å². The highest BCUT2D eigenvalue weighted by Gasteiger charge is 2.39. The minimum Gasteiger partial charge on any atom is -0.497 e. The van der Waals surface area contributed by atoms with Crippen LogP contribution in [0.4, 0.5) is 53.5 Å². The number of methoxy groups -OCH3 is 4. The molecule has 4 aromatic carbocycles. The van der Waals surface area contributed by atoms with E-state index in [1.54, 1.807) is 77.0 Å². The zero-order chi connectivity index (χ0) is 56.9. The summed E-state index contributed by atoms with van der Waals surface area (Å²) in [6, 6.07) is 20.7. The van der Waals surface area contributed by atoms with E-state index in [2.05, 4.69) is 10.6 Å². The standard InChI is InChI=1S/2C23H29F2N3O3.2C2HF3O2/c2*1-27-11-10-21(20(25)15-27)28(14-16-4-7-18(24)8-5-16)23(29)26-13-17-6-9-19(30-2)12-22(17)31-3;2*3-2(4,5)1(6)7/h2*4-9,12,20-21H,10-11,13-15H2,1-3H3,(H,26,29);2*(H,6,7)/t2*20-,21+;;/m10../s1. The highest BCUT2D eigenvalue weighted by Crippen LogP contribution is 2.28. The number of urea groups is 2. The lowest BCUT2D eigenvalue weighted by Crippen LogP contribution is -2.55. The molecular weight excluding hydrogens is 1030 g/mol. The van der Waals surface area contributed by atoms with Gasteiger partial charge in [-0.05, 0) is 86.6 Å². The molecule has 2 aliphatic rings. The van der Waals surface area contributed by atoms with Crippen molar-refractivity contribution in [2.75, 3.05) is 68.7 Å². The highest BCUT2D eigenvalue weighted by molar-refractivity contribution is 5.76. The second-order valence-electron chi connectivity index (χ2n) is 17.1. The Balaban J connectivity index is 0.000000320. The Hall–Kier alpha value is -7.22. The van der Waals surface area contributed by atoms with E-state index >= 15 is 0 Å². The van der Waals surface area contributed by atoms with Gasteiger partial charge in [0.1, 0.15) is 47.0 Å². The van der Waals surface area contributed by atoms with Crippen molar-refractivity contribution < 1.29 is 92.2 Å². The summed E-state index contributed by atoms with van der Waals surface area (Å²) in [7, 11) is 9.96. The Kier molecular flexibility index (Phi) is 24.7. The Morgan fingerprint density at radius 2 is 0.882 bits per heavy atom. The molecule has 4 amide bonds. The van der Waals surface area contributed by atoms with Crippen LogP contribution >= 0.6 is 0 Å². The minimum absolute atomic E-state index is 0.195. The maximum absolute atomic E-state index is 14.9. The molecule has 0 spiro atoms. The summed E-state index contributed by atoms with van der Waals surface area (Å²) in [5, 5.41) is 20.0. The number of nitrogens with zero attached hydrogens (tertiary/aromatic N) is 4. The Labute approximate surface area is 432 Å². The van der Waals surface area contributed by atoms with Crippen LogP contribution in [-0.2, 0) is 35.8 Å². The number of alkyl halides is 8. The van der Waals surface area contributed by atoms with Crippen molar-refractivity contribution in [3.05, 3.63) is 119 Å². The lowest BCUT2D eigenvalue weighted by atomic mass is 10.0. The van der Waals surface area contributed by atoms with Crippen molar-refractivity contribution in [2.45, 2.75) is 75.8 Å². The Bertz CT molecular complexity index is 2310.